The first-order valence-corrected chi connectivity index (χ1v) is 7.59. The van der Waals surface area contributed by atoms with Crippen molar-refractivity contribution in [3.8, 4) is 0 Å². The third kappa shape index (κ3) is 78.9. The average Bonchev–Trinajstić information content (AvgIpc) is 1.63. The summed E-state index contributed by atoms with van der Waals surface area (Å²) in [4.78, 5) is 26.8. The van der Waals surface area contributed by atoms with E-state index in [2.05, 4.69) is 18.7 Å². The first-order chi connectivity index (χ1) is 4.41. The van der Waals surface area contributed by atoms with E-state index >= 15 is 0 Å². The predicted molar refractivity (Wildman–Crippen MR) is 34.0 cm³/mol. The topological polar surface area (TPSA) is 69.2 Å². The van der Waals surface area contributed by atoms with Crippen LogP contribution in [0.25, 0.3) is 0 Å². The van der Waals surface area contributed by atoms with Gasteiger partial charge in [-0.25, -0.2) is 0 Å². The minimum Gasteiger partial charge on any atom is -0.844 e. The minimum absolute atomic E-state index is 0. The van der Waals surface area contributed by atoms with Crippen LogP contribution in [-0.4, -0.2) is 0 Å². The molecule has 0 aliphatic rings. The maximum atomic E-state index is 8.92. The molecule has 0 aromatic carbocycles. The summed E-state index contributed by atoms with van der Waals surface area (Å²) in [6.45, 7) is -2.32. The van der Waals surface area contributed by atoms with Crippen molar-refractivity contribution in [2.75, 3.05) is 0 Å². The molecule has 0 aliphatic heterocycles. The van der Waals surface area contributed by atoms with E-state index in [9.17, 15) is 0 Å². The van der Waals surface area contributed by atoms with Gasteiger partial charge < -0.3 is 21.4 Å². The smallest absolute Gasteiger partial charge is 0.844 e. The molecular weight excluding hydrogens is 290 g/mol. The Kier molecular flexibility index (Phi) is 19.8. The van der Waals surface area contributed by atoms with E-state index in [1.165, 1.54) is 36.2 Å². The van der Waals surface area contributed by atoms with Gasteiger partial charge in [0.15, 0.2) is 0 Å². The van der Waals surface area contributed by atoms with Gasteiger partial charge in [-0.1, -0.05) is 0 Å². The third-order valence-electron chi connectivity index (χ3n) is 0.604. The molecule has 0 N–H and O–H groups in total. The molecule has 0 unspecified atom stereocenters. The van der Waals surface area contributed by atoms with Gasteiger partial charge in [-0.05, 0) is 0 Å². The molecule has 0 saturated carbocycles. The molecule has 0 spiro atoms. The quantitative estimate of drug-likeness (QED) is 0.486. The van der Waals surface area contributed by atoms with E-state index in [-0.39, 0.29) is 19.5 Å². The SMILES string of the molecule is CCC[CH2][Zn+].[O-]P([O-])([O-])=S.[Zn+2]. The molecule has 7 heteroatoms. The Labute approximate surface area is 95.3 Å². The maximum absolute atomic E-state index is 8.92. The summed E-state index contributed by atoms with van der Waals surface area (Å²) in [6, 6.07) is 0. The molecule has 0 rings (SSSR count). The van der Waals surface area contributed by atoms with Gasteiger partial charge in [0.05, 0.1) is 0 Å². The second kappa shape index (κ2) is 11.8. The van der Waals surface area contributed by atoms with Gasteiger partial charge in [-0.2, -0.15) is 11.8 Å². The number of rotatable bonds is 2. The summed E-state index contributed by atoms with van der Waals surface area (Å²) >= 11 is 4.75. The summed E-state index contributed by atoms with van der Waals surface area (Å²) < 4.78 is 0. The Morgan fingerprint density at radius 1 is 1.36 bits per heavy atom. The molecule has 0 atom stereocenters. The van der Waals surface area contributed by atoms with Crippen molar-refractivity contribution in [2.45, 2.75) is 24.8 Å². The van der Waals surface area contributed by atoms with Crippen LogP contribution in [0.1, 0.15) is 19.8 Å². The van der Waals surface area contributed by atoms with Crippen LogP contribution in [0.4, 0.5) is 0 Å². The summed E-state index contributed by atoms with van der Waals surface area (Å²) in [7, 11) is 0. The second-order valence-electron chi connectivity index (χ2n) is 1.65. The van der Waals surface area contributed by atoms with Gasteiger partial charge in [-0.3, -0.25) is 0 Å². The van der Waals surface area contributed by atoms with Crippen LogP contribution in [0.5, 0.6) is 0 Å². The van der Waals surface area contributed by atoms with E-state index in [1.807, 2.05) is 0 Å². The van der Waals surface area contributed by atoms with Crippen molar-refractivity contribution >= 4 is 18.5 Å². The first kappa shape index (κ1) is 18.5. The molecule has 0 radical (unpaired) electrons. The molecule has 0 fully saturated rings. The molecule has 0 aliphatic carbocycles. The van der Waals surface area contributed by atoms with Crippen LogP contribution >= 0.6 is 6.72 Å². The Bertz CT molecular complexity index is 97.2. The molecule has 0 aromatic heterocycles. The van der Waals surface area contributed by atoms with Gasteiger partial charge >= 0.3 is 62.6 Å². The Balaban J connectivity index is -0.000000107. The monoisotopic (exact) mass is 296 g/mol. The van der Waals surface area contributed by atoms with Crippen molar-refractivity contribution in [3.05, 3.63) is 0 Å². The normalized spacial score (nSPS) is 9.27. The fraction of sp³-hybridized carbons (Fsp3) is 1.00. The van der Waals surface area contributed by atoms with Gasteiger partial charge in [0.2, 0.25) is 0 Å². The van der Waals surface area contributed by atoms with Crippen LogP contribution < -0.4 is 14.7 Å². The van der Waals surface area contributed by atoms with E-state index in [4.69, 9.17) is 14.7 Å². The molecule has 0 bridgehead atoms. The van der Waals surface area contributed by atoms with Crippen LogP contribution in [0.3, 0.4) is 0 Å². The zero-order valence-corrected chi connectivity index (χ0v) is 14.3. The Morgan fingerprint density at radius 2 is 1.64 bits per heavy atom. The Hall–Kier alpha value is 1.78. The van der Waals surface area contributed by atoms with Gasteiger partial charge in [0.25, 0.3) is 0 Å². The summed E-state index contributed by atoms with van der Waals surface area (Å²) in [6.07, 6.45) is 2.82. The van der Waals surface area contributed by atoms with Crippen LogP contribution in [0.2, 0.25) is 5.02 Å². The molecule has 3 nitrogen and oxygen atoms in total. The minimum atomic E-state index is -4.56. The fourth-order valence-electron chi connectivity index (χ4n) is 0.250. The number of hydrogen-bond donors (Lipinski definition) is 0. The van der Waals surface area contributed by atoms with Crippen molar-refractivity contribution in [3.63, 3.8) is 0 Å². The van der Waals surface area contributed by atoms with E-state index < -0.39 is 6.72 Å². The van der Waals surface area contributed by atoms with Crippen molar-refractivity contribution in [1.82, 2.24) is 0 Å². The van der Waals surface area contributed by atoms with Crippen LogP contribution in [0, 0.1) is 0 Å². The fourth-order valence-corrected chi connectivity index (χ4v) is 1.30. The average molecular weight is 299 g/mol. The van der Waals surface area contributed by atoms with Gasteiger partial charge in [-0.15, -0.1) is 0 Å². The van der Waals surface area contributed by atoms with E-state index in [0.717, 1.165) is 0 Å². The molecule has 11 heavy (non-hydrogen) atoms. The first-order valence-electron chi connectivity index (χ1n) is 2.94. The maximum Gasteiger partial charge on any atom is 2.00 e. The standard InChI is InChI=1S/C4H9.H3O3PS.2Zn/c1-3-4-2;1-4(2,3)5;;/h1,3-4H2,2H3;(H3,1,2,3,5);;/q;;+1;+2/p-3. The zero-order chi connectivity index (χ0) is 8.62. The molecule has 0 saturated heterocycles. The molecule has 58 valence electrons. The second-order valence-corrected chi connectivity index (χ2v) is 5.37. The summed E-state index contributed by atoms with van der Waals surface area (Å²) in [5, 5.41) is 1.47. The van der Waals surface area contributed by atoms with Crippen molar-refractivity contribution in [2.24, 2.45) is 0 Å². The third-order valence-corrected chi connectivity index (χ3v) is 1.65. The Morgan fingerprint density at radius 3 is 1.64 bits per heavy atom. The van der Waals surface area contributed by atoms with Crippen LogP contribution in [0.15, 0.2) is 0 Å². The van der Waals surface area contributed by atoms with Gasteiger partial charge in [0, 0.05) is 0 Å². The van der Waals surface area contributed by atoms with E-state index in [1.54, 1.807) is 0 Å². The largest absolute Gasteiger partial charge is 2.00 e. The van der Waals surface area contributed by atoms with Crippen molar-refractivity contribution in [1.29, 1.82) is 0 Å². The number of unbranched alkanes of at least 4 members (excludes halogenated alkanes) is 1. The van der Waals surface area contributed by atoms with Crippen molar-refractivity contribution < 1.29 is 52.5 Å². The summed E-state index contributed by atoms with van der Waals surface area (Å²) in [5.41, 5.74) is 0. The molecular formula is C4H9O3PSZn2. The zero-order valence-electron chi connectivity index (χ0n) is 6.62. The molecule has 0 heterocycles. The number of hydrogen-bond acceptors (Lipinski definition) is 4. The molecule has 0 aromatic rings. The summed E-state index contributed by atoms with van der Waals surface area (Å²) in [5.74, 6) is 0. The van der Waals surface area contributed by atoms with E-state index in [0.29, 0.717) is 0 Å². The molecule has 0 amide bonds. The van der Waals surface area contributed by atoms with Crippen LogP contribution in [-0.2, 0) is 49.6 Å². The predicted octanol–water partition coefficient (Wildman–Crippen LogP) is -0.959. The van der Waals surface area contributed by atoms with Gasteiger partial charge in [0.1, 0.15) is 0 Å².